The number of anilines is 2. The SMILES string of the molecule is C=CCNc1nc(N2CCN(C)CC2)nc2c1C(=O)CCC2. The van der Waals surface area contributed by atoms with Crippen molar-refractivity contribution >= 4 is 17.5 Å². The van der Waals surface area contributed by atoms with E-state index in [9.17, 15) is 4.79 Å². The Labute approximate surface area is 131 Å². The van der Waals surface area contributed by atoms with Gasteiger partial charge in [-0.1, -0.05) is 6.08 Å². The molecule has 0 amide bonds. The molecule has 0 radical (unpaired) electrons. The third-order valence-electron chi connectivity index (χ3n) is 4.27. The minimum atomic E-state index is 0.151. The standard InChI is InChI=1S/C16H23N5O/c1-3-7-17-15-14-12(5-4-6-13(14)22)18-16(19-15)21-10-8-20(2)9-11-21/h3H,1,4-11H2,2H3,(H,17,18,19). The van der Waals surface area contributed by atoms with E-state index in [2.05, 4.69) is 33.7 Å². The highest BCUT2D eigenvalue weighted by atomic mass is 16.1. The van der Waals surface area contributed by atoms with Crippen LogP contribution < -0.4 is 10.2 Å². The van der Waals surface area contributed by atoms with Crippen LogP contribution in [0, 0.1) is 0 Å². The van der Waals surface area contributed by atoms with Crippen molar-refractivity contribution in [3.8, 4) is 0 Å². The molecule has 1 aliphatic heterocycles. The number of nitrogens with one attached hydrogen (secondary N) is 1. The Morgan fingerprint density at radius 2 is 2.00 bits per heavy atom. The average Bonchev–Trinajstić information content (AvgIpc) is 2.53. The van der Waals surface area contributed by atoms with E-state index in [-0.39, 0.29) is 5.78 Å². The summed E-state index contributed by atoms with van der Waals surface area (Å²) in [6.07, 6.45) is 4.10. The lowest BCUT2D eigenvalue weighted by Gasteiger charge is -2.33. The lowest BCUT2D eigenvalue weighted by Crippen LogP contribution is -2.45. The fourth-order valence-corrected chi connectivity index (χ4v) is 2.95. The van der Waals surface area contributed by atoms with Crippen LogP contribution in [-0.4, -0.2) is 60.4 Å². The summed E-state index contributed by atoms with van der Waals surface area (Å²) in [6, 6.07) is 0. The van der Waals surface area contributed by atoms with Crippen LogP contribution in [0.15, 0.2) is 12.7 Å². The predicted octanol–water partition coefficient (Wildman–Crippen LogP) is 1.35. The minimum absolute atomic E-state index is 0.151. The quantitative estimate of drug-likeness (QED) is 0.847. The van der Waals surface area contributed by atoms with Gasteiger partial charge in [0.2, 0.25) is 5.95 Å². The minimum Gasteiger partial charge on any atom is -0.366 e. The monoisotopic (exact) mass is 301 g/mol. The summed E-state index contributed by atoms with van der Waals surface area (Å²) in [5, 5.41) is 3.21. The third kappa shape index (κ3) is 2.97. The van der Waals surface area contributed by atoms with Crippen LogP contribution in [0.25, 0.3) is 0 Å². The smallest absolute Gasteiger partial charge is 0.227 e. The molecular weight excluding hydrogens is 278 g/mol. The van der Waals surface area contributed by atoms with Gasteiger partial charge < -0.3 is 15.1 Å². The van der Waals surface area contributed by atoms with Crippen molar-refractivity contribution < 1.29 is 4.79 Å². The number of carbonyl (C=O) groups is 1. The van der Waals surface area contributed by atoms with E-state index in [0.717, 1.165) is 50.7 Å². The Bertz CT molecular complexity index is 578. The number of hydrogen-bond donors (Lipinski definition) is 1. The molecule has 1 fully saturated rings. The lowest BCUT2D eigenvalue weighted by atomic mass is 9.95. The van der Waals surface area contributed by atoms with Gasteiger partial charge in [-0.2, -0.15) is 4.98 Å². The number of rotatable bonds is 4. The van der Waals surface area contributed by atoms with Crippen LogP contribution in [0.4, 0.5) is 11.8 Å². The molecule has 0 unspecified atom stereocenters. The first-order valence-electron chi connectivity index (χ1n) is 7.91. The Kier molecular flexibility index (Phi) is 4.38. The summed E-state index contributed by atoms with van der Waals surface area (Å²) in [5.74, 6) is 1.56. The number of fused-ring (bicyclic) bond motifs is 1. The summed E-state index contributed by atoms with van der Waals surface area (Å²) in [4.78, 5) is 26.1. The van der Waals surface area contributed by atoms with Crippen molar-refractivity contribution in [3.63, 3.8) is 0 Å². The maximum Gasteiger partial charge on any atom is 0.227 e. The second kappa shape index (κ2) is 6.44. The van der Waals surface area contributed by atoms with Crippen LogP contribution in [0.5, 0.6) is 0 Å². The van der Waals surface area contributed by atoms with Crippen molar-refractivity contribution in [2.24, 2.45) is 0 Å². The van der Waals surface area contributed by atoms with Crippen molar-refractivity contribution in [2.75, 3.05) is 50.0 Å². The normalized spacial score (nSPS) is 19.0. The highest BCUT2D eigenvalue weighted by Gasteiger charge is 2.26. The van der Waals surface area contributed by atoms with Crippen LogP contribution >= 0.6 is 0 Å². The second-order valence-corrected chi connectivity index (χ2v) is 5.93. The zero-order valence-electron chi connectivity index (χ0n) is 13.1. The fraction of sp³-hybridized carbons (Fsp3) is 0.562. The number of nitrogens with zero attached hydrogens (tertiary/aromatic N) is 4. The molecule has 3 rings (SSSR count). The number of piperazine rings is 1. The summed E-state index contributed by atoms with van der Waals surface area (Å²) < 4.78 is 0. The Morgan fingerprint density at radius 1 is 1.23 bits per heavy atom. The molecule has 1 aliphatic carbocycles. The van der Waals surface area contributed by atoms with Crippen molar-refractivity contribution in [3.05, 3.63) is 23.9 Å². The largest absolute Gasteiger partial charge is 0.366 e. The third-order valence-corrected chi connectivity index (χ3v) is 4.27. The van der Waals surface area contributed by atoms with Gasteiger partial charge in [0, 0.05) is 39.1 Å². The Hall–Kier alpha value is -1.95. The van der Waals surface area contributed by atoms with Gasteiger partial charge in [0.05, 0.1) is 11.3 Å². The van der Waals surface area contributed by atoms with Gasteiger partial charge >= 0.3 is 0 Å². The molecule has 2 aliphatic rings. The van der Waals surface area contributed by atoms with E-state index in [1.54, 1.807) is 6.08 Å². The number of Topliss-reactive ketones (excluding diaryl/α,β-unsaturated/α-hetero) is 1. The molecule has 22 heavy (non-hydrogen) atoms. The molecule has 0 atom stereocenters. The van der Waals surface area contributed by atoms with Crippen molar-refractivity contribution in [1.82, 2.24) is 14.9 Å². The summed E-state index contributed by atoms with van der Waals surface area (Å²) >= 11 is 0. The van der Waals surface area contributed by atoms with E-state index in [0.29, 0.717) is 24.3 Å². The van der Waals surface area contributed by atoms with Gasteiger partial charge in [-0.15, -0.1) is 6.58 Å². The summed E-state index contributed by atoms with van der Waals surface area (Å²) in [6.45, 7) is 8.18. The molecule has 0 spiro atoms. The Morgan fingerprint density at radius 3 is 2.73 bits per heavy atom. The molecule has 6 nitrogen and oxygen atoms in total. The van der Waals surface area contributed by atoms with Crippen molar-refractivity contribution in [1.29, 1.82) is 0 Å². The molecule has 0 aromatic carbocycles. The zero-order chi connectivity index (χ0) is 15.5. The molecule has 0 bridgehead atoms. The first kappa shape index (κ1) is 15.0. The highest BCUT2D eigenvalue weighted by molar-refractivity contribution is 6.02. The van der Waals surface area contributed by atoms with Crippen LogP contribution in [0.3, 0.4) is 0 Å². The van der Waals surface area contributed by atoms with E-state index < -0.39 is 0 Å². The number of ketones is 1. The number of aryl methyl sites for hydroxylation is 1. The van der Waals surface area contributed by atoms with Crippen molar-refractivity contribution in [2.45, 2.75) is 19.3 Å². The first-order valence-corrected chi connectivity index (χ1v) is 7.91. The van der Waals surface area contributed by atoms with Crippen LogP contribution in [0.2, 0.25) is 0 Å². The molecule has 118 valence electrons. The van der Waals surface area contributed by atoms with Gasteiger partial charge in [-0.05, 0) is 19.9 Å². The number of hydrogen-bond acceptors (Lipinski definition) is 6. The highest BCUT2D eigenvalue weighted by Crippen LogP contribution is 2.28. The van der Waals surface area contributed by atoms with Crippen LogP contribution in [0.1, 0.15) is 28.9 Å². The van der Waals surface area contributed by atoms with Gasteiger partial charge in [0.15, 0.2) is 5.78 Å². The summed E-state index contributed by atoms with van der Waals surface area (Å²) in [5.41, 5.74) is 1.58. The number of aromatic nitrogens is 2. The predicted molar refractivity (Wildman–Crippen MR) is 87.7 cm³/mol. The fourth-order valence-electron chi connectivity index (χ4n) is 2.95. The topological polar surface area (TPSA) is 61.4 Å². The molecule has 1 aromatic heterocycles. The molecule has 2 heterocycles. The van der Waals surface area contributed by atoms with Gasteiger partial charge in [-0.25, -0.2) is 4.98 Å². The summed E-state index contributed by atoms with van der Waals surface area (Å²) in [7, 11) is 2.13. The lowest BCUT2D eigenvalue weighted by molar-refractivity contribution is 0.0972. The number of carbonyl (C=O) groups excluding carboxylic acids is 1. The van der Waals surface area contributed by atoms with E-state index in [4.69, 9.17) is 4.98 Å². The maximum absolute atomic E-state index is 12.2. The molecular formula is C16H23N5O. The van der Waals surface area contributed by atoms with E-state index in [1.165, 1.54) is 0 Å². The van der Waals surface area contributed by atoms with Gasteiger partial charge in [0.25, 0.3) is 0 Å². The van der Waals surface area contributed by atoms with Gasteiger partial charge in [0.1, 0.15) is 5.82 Å². The Balaban J connectivity index is 1.94. The van der Waals surface area contributed by atoms with Gasteiger partial charge in [-0.3, -0.25) is 4.79 Å². The van der Waals surface area contributed by atoms with Crippen LogP contribution in [-0.2, 0) is 6.42 Å². The zero-order valence-corrected chi connectivity index (χ0v) is 13.1. The average molecular weight is 301 g/mol. The second-order valence-electron chi connectivity index (χ2n) is 5.93. The number of likely N-dealkylation sites (N-methyl/N-ethyl adjacent to an activating group) is 1. The molecule has 1 N–H and O–H groups in total. The molecule has 1 aromatic rings. The molecule has 0 saturated carbocycles. The van der Waals surface area contributed by atoms with E-state index >= 15 is 0 Å². The van der Waals surface area contributed by atoms with E-state index in [1.807, 2.05) is 0 Å². The molecule has 6 heteroatoms. The first-order chi connectivity index (χ1) is 10.7. The molecule has 1 saturated heterocycles. The maximum atomic E-state index is 12.2.